The second-order valence-corrected chi connectivity index (χ2v) is 5.71. The minimum absolute atomic E-state index is 0.129. The minimum atomic E-state index is 0.129. The summed E-state index contributed by atoms with van der Waals surface area (Å²) in [4.78, 5) is 14.5. The van der Waals surface area contributed by atoms with Crippen molar-refractivity contribution in [2.24, 2.45) is 11.8 Å². The molecule has 3 nitrogen and oxygen atoms in total. The Hall–Kier alpha value is -1.06. The van der Waals surface area contributed by atoms with E-state index in [4.69, 9.17) is 11.6 Å². The van der Waals surface area contributed by atoms with Crippen molar-refractivity contribution >= 4 is 17.5 Å². The van der Waals surface area contributed by atoms with Crippen LogP contribution in [-0.4, -0.2) is 37.0 Å². The van der Waals surface area contributed by atoms with E-state index in [1.165, 1.54) is 0 Å². The first-order valence-electron chi connectivity index (χ1n) is 6.42. The highest BCUT2D eigenvalue weighted by molar-refractivity contribution is 6.31. The van der Waals surface area contributed by atoms with Crippen molar-refractivity contribution in [3.05, 3.63) is 34.3 Å². The van der Waals surface area contributed by atoms with E-state index in [1.807, 2.05) is 30.0 Å². The fourth-order valence-corrected chi connectivity index (χ4v) is 3.21. The number of likely N-dealkylation sites (tertiary alicyclic amines) is 1. The summed E-state index contributed by atoms with van der Waals surface area (Å²) in [6.07, 6.45) is 0. The molecule has 0 aromatic heterocycles. The standard InChI is InChI=1S/C14H17ClN2O/c1-9-12(3-2-4-13(9)15)14(18)17-7-10-5-16-6-11(10)8-17/h2-4,10-11,16H,5-8H2,1H3. The van der Waals surface area contributed by atoms with Crippen molar-refractivity contribution in [2.45, 2.75) is 6.92 Å². The Morgan fingerprint density at radius 2 is 2.00 bits per heavy atom. The zero-order valence-corrected chi connectivity index (χ0v) is 11.2. The van der Waals surface area contributed by atoms with Crippen LogP contribution >= 0.6 is 11.6 Å². The third-order valence-electron chi connectivity index (χ3n) is 4.17. The fourth-order valence-electron chi connectivity index (χ4n) is 3.03. The molecule has 1 amide bonds. The van der Waals surface area contributed by atoms with E-state index in [0.29, 0.717) is 16.9 Å². The van der Waals surface area contributed by atoms with Crippen LogP contribution in [-0.2, 0) is 0 Å². The maximum atomic E-state index is 12.5. The summed E-state index contributed by atoms with van der Waals surface area (Å²) in [6.45, 7) is 5.75. The number of amides is 1. The van der Waals surface area contributed by atoms with Crippen LogP contribution < -0.4 is 5.32 Å². The number of rotatable bonds is 1. The molecule has 1 aromatic rings. The summed E-state index contributed by atoms with van der Waals surface area (Å²) >= 11 is 6.08. The Labute approximate surface area is 112 Å². The highest BCUT2D eigenvalue weighted by Crippen LogP contribution is 2.28. The van der Waals surface area contributed by atoms with Crippen molar-refractivity contribution < 1.29 is 4.79 Å². The molecule has 2 atom stereocenters. The van der Waals surface area contributed by atoms with E-state index in [9.17, 15) is 4.79 Å². The first kappa shape index (κ1) is 12.0. The van der Waals surface area contributed by atoms with Gasteiger partial charge in [-0.15, -0.1) is 0 Å². The van der Waals surface area contributed by atoms with Crippen LogP contribution in [0.5, 0.6) is 0 Å². The van der Waals surface area contributed by atoms with Crippen LogP contribution in [0.1, 0.15) is 15.9 Å². The maximum absolute atomic E-state index is 12.5. The number of halogens is 1. The van der Waals surface area contributed by atoms with Gasteiger partial charge in [0.15, 0.2) is 0 Å². The predicted molar refractivity (Wildman–Crippen MR) is 71.9 cm³/mol. The number of hydrogen-bond acceptors (Lipinski definition) is 2. The molecule has 2 aliphatic heterocycles. The van der Waals surface area contributed by atoms with Crippen LogP contribution in [0, 0.1) is 18.8 Å². The van der Waals surface area contributed by atoms with Gasteiger partial charge in [0, 0.05) is 36.8 Å². The normalized spacial score (nSPS) is 26.4. The molecule has 0 spiro atoms. The van der Waals surface area contributed by atoms with Crippen molar-refractivity contribution in [3.8, 4) is 0 Å². The third kappa shape index (κ3) is 1.91. The number of carbonyl (C=O) groups excluding carboxylic acids is 1. The summed E-state index contributed by atoms with van der Waals surface area (Å²) in [6, 6.07) is 5.55. The lowest BCUT2D eigenvalue weighted by atomic mass is 10.0. The van der Waals surface area contributed by atoms with Gasteiger partial charge in [-0.25, -0.2) is 0 Å². The van der Waals surface area contributed by atoms with Crippen LogP contribution in [0.3, 0.4) is 0 Å². The number of fused-ring (bicyclic) bond motifs is 1. The topological polar surface area (TPSA) is 32.3 Å². The van der Waals surface area contributed by atoms with E-state index in [0.717, 1.165) is 37.3 Å². The van der Waals surface area contributed by atoms with E-state index >= 15 is 0 Å². The van der Waals surface area contributed by atoms with E-state index < -0.39 is 0 Å². The number of carbonyl (C=O) groups is 1. The van der Waals surface area contributed by atoms with Gasteiger partial charge in [-0.05, 0) is 36.5 Å². The highest BCUT2D eigenvalue weighted by atomic mass is 35.5. The Morgan fingerprint density at radius 3 is 2.67 bits per heavy atom. The van der Waals surface area contributed by atoms with Crippen molar-refractivity contribution in [1.82, 2.24) is 10.2 Å². The molecule has 1 aromatic carbocycles. The molecule has 2 aliphatic rings. The van der Waals surface area contributed by atoms with Gasteiger partial charge in [-0.3, -0.25) is 4.79 Å². The fraction of sp³-hybridized carbons (Fsp3) is 0.500. The molecule has 2 saturated heterocycles. The average Bonchev–Trinajstić information content (AvgIpc) is 2.92. The number of nitrogens with zero attached hydrogens (tertiary/aromatic N) is 1. The Bertz CT molecular complexity index is 477. The third-order valence-corrected chi connectivity index (χ3v) is 4.58. The lowest BCUT2D eigenvalue weighted by Crippen LogP contribution is -2.32. The molecule has 2 heterocycles. The van der Waals surface area contributed by atoms with E-state index in [2.05, 4.69) is 5.32 Å². The maximum Gasteiger partial charge on any atom is 0.254 e. The zero-order chi connectivity index (χ0) is 12.7. The Balaban J connectivity index is 1.81. The van der Waals surface area contributed by atoms with Crippen molar-refractivity contribution in [1.29, 1.82) is 0 Å². The van der Waals surface area contributed by atoms with Crippen molar-refractivity contribution in [3.63, 3.8) is 0 Å². The molecule has 0 bridgehead atoms. The molecule has 96 valence electrons. The van der Waals surface area contributed by atoms with Gasteiger partial charge >= 0.3 is 0 Å². The molecule has 0 saturated carbocycles. The van der Waals surface area contributed by atoms with Gasteiger partial charge < -0.3 is 10.2 Å². The van der Waals surface area contributed by atoms with E-state index in [-0.39, 0.29) is 5.91 Å². The minimum Gasteiger partial charge on any atom is -0.338 e. The average molecular weight is 265 g/mol. The van der Waals surface area contributed by atoms with Gasteiger partial charge in [-0.1, -0.05) is 17.7 Å². The van der Waals surface area contributed by atoms with Crippen molar-refractivity contribution in [2.75, 3.05) is 26.2 Å². The first-order valence-corrected chi connectivity index (χ1v) is 6.79. The molecule has 1 N–H and O–H groups in total. The quantitative estimate of drug-likeness (QED) is 0.841. The van der Waals surface area contributed by atoms with Gasteiger partial charge in [-0.2, -0.15) is 0 Å². The molecule has 2 unspecified atom stereocenters. The number of nitrogens with one attached hydrogen (secondary N) is 1. The lowest BCUT2D eigenvalue weighted by Gasteiger charge is -2.19. The Morgan fingerprint density at radius 1 is 1.33 bits per heavy atom. The molecule has 0 aliphatic carbocycles. The van der Waals surface area contributed by atoms with Crippen LogP contribution in [0.4, 0.5) is 0 Å². The summed E-state index contributed by atoms with van der Waals surface area (Å²) < 4.78 is 0. The largest absolute Gasteiger partial charge is 0.338 e. The summed E-state index contributed by atoms with van der Waals surface area (Å²) in [7, 11) is 0. The molecule has 0 radical (unpaired) electrons. The second kappa shape index (κ2) is 4.56. The molecular weight excluding hydrogens is 248 g/mol. The predicted octanol–water partition coefficient (Wildman–Crippen LogP) is 1.94. The van der Waals surface area contributed by atoms with Crippen LogP contribution in [0.2, 0.25) is 5.02 Å². The summed E-state index contributed by atoms with van der Waals surface area (Å²) in [5.41, 5.74) is 1.63. The molecule has 2 fully saturated rings. The number of hydrogen-bond donors (Lipinski definition) is 1. The number of benzene rings is 1. The first-order chi connectivity index (χ1) is 8.66. The van der Waals surface area contributed by atoms with Gasteiger partial charge in [0.25, 0.3) is 5.91 Å². The highest BCUT2D eigenvalue weighted by Gasteiger charge is 2.38. The summed E-state index contributed by atoms with van der Waals surface area (Å²) in [5.74, 6) is 1.39. The van der Waals surface area contributed by atoms with E-state index in [1.54, 1.807) is 0 Å². The van der Waals surface area contributed by atoms with Crippen LogP contribution in [0.15, 0.2) is 18.2 Å². The molecular formula is C14H17ClN2O. The molecule has 4 heteroatoms. The molecule has 18 heavy (non-hydrogen) atoms. The SMILES string of the molecule is Cc1c(Cl)cccc1C(=O)N1CC2CNCC2C1. The Kier molecular flexibility index (Phi) is 3.04. The monoisotopic (exact) mass is 264 g/mol. The second-order valence-electron chi connectivity index (χ2n) is 5.30. The lowest BCUT2D eigenvalue weighted by molar-refractivity contribution is 0.0781. The van der Waals surface area contributed by atoms with Gasteiger partial charge in [0.05, 0.1) is 0 Å². The van der Waals surface area contributed by atoms with Gasteiger partial charge in [0.1, 0.15) is 0 Å². The smallest absolute Gasteiger partial charge is 0.254 e. The van der Waals surface area contributed by atoms with Gasteiger partial charge in [0.2, 0.25) is 0 Å². The zero-order valence-electron chi connectivity index (χ0n) is 10.4. The molecule has 3 rings (SSSR count). The summed E-state index contributed by atoms with van der Waals surface area (Å²) in [5, 5.41) is 4.05. The van der Waals surface area contributed by atoms with Crippen LogP contribution in [0.25, 0.3) is 0 Å².